The Bertz CT molecular complexity index is 323. The highest BCUT2D eigenvalue weighted by molar-refractivity contribution is 5.63. The van der Waals surface area contributed by atoms with Crippen LogP contribution < -0.4 is 4.74 Å². The average molecular weight is 238 g/mol. The van der Waals surface area contributed by atoms with Crippen LogP contribution in [-0.2, 0) is 9.47 Å². The molecule has 1 aromatic carbocycles. The van der Waals surface area contributed by atoms with Crippen LogP contribution in [-0.4, -0.2) is 25.5 Å². The van der Waals surface area contributed by atoms with Crippen LogP contribution in [0, 0.1) is 0 Å². The first-order valence-corrected chi connectivity index (χ1v) is 5.73. The molecule has 0 aliphatic rings. The number of hydrogen-bond donors (Lipinski definition) is 0. The summed E-state index contributed by atoms with van der Waals surface area (Å²) in [4.78, 5) is 11.3. The van der Waals surface area contributed by atoms with Crippen molar-refractivity contribution in [3.05, 3.63) is 30.3 Å². The van der Waals surface area contributed by atoms with Crippen molar-refractivity contribution < 1.29 is 19.0 Å². The van der Waals surface area contributed by atoms with Crippen molar-refractivity contribution >= 4 is 6.16 Å². The summed E-state index contributed by atoms with van der Waals surface area (Å²) in [5.74, 6) is 0.472. The van der Waals surface area contributed by atoms with E-state index in [1.807, 2.05) is 19.9 Å². The fourth-order valence-corrected chi connectivity index (χ4v) is 1.17. The van der Waals surface area contributed by atoms with Crippen LogP contribution in [0.15, 0.2) is 30.3 Å². The highest BCUT2D eigenvalue weighted by Crippen LogP contribution is 2.09. The minimum atomic E-state index is -0.705. The smallest absolute Gasteiger partial charge is 0.431 e. The van der Waals surface area contributed by atoms with Gasteiger partial charge < -0.3 is 14.2 Å². The molecule has 0 heterocycles. The van der Waals surface area contributed by atoms with E-state index < -0.39 is 6.16 Å². The predicted molar refractivity (Wildman–Crippen MR) is 64.1 cm³/mol. The molecule has 0 bridgehead atoms. The molecule has 0 aromatic heterocycles. The van der Waals surface area contributed by atoms with Gasteiger partial charge in [0, 0.05) is 6.61 Å². The molecular weight excluding hydrogens is 220 g/mol. The summed E-state index contributed by atoms with van der Waals surface area (Å²) in [6.45, 7) is 4.74. The second-order valence-electron chi connectivity index (χ2n) is 3.66. The zero-order valence-electron chi connectivity index (χ0n) is 10.2. The van der Waals surface area contributed by atoms with Gasteiger partial charge in [-0.25, -0.2) is 4.79 Å². The van der Waals surface area contributed by atoms with Gasteiger partial charge in [0.25, 0.3) is 0 Å². The molecule has 0 saturated heterocycles. The number of rotatable bonds is 6. The van der Waals surface area contributed by atoms with E-state index in [4.69, 9.17) is 14.2 Å². The quantitative estimate of drug-likeness (QED) is 0.564. The molecule has 0 saturated carbocycles. The monoisotopic (exact) mass is 238 g/mol. The van der Waals surface area contributed by atoms with Crippen LogP contribution in [0.4, 0.5) is 4.79 Å². The lowest BCUT2D eigenvalue weighted by Crippen LogP contribution is -2.21. The van der Waals surface area contributed by atoms with E-state index in [-0.39, 0.29) is 12.7 Å². The van der Waals surface area contributed by atoms with Gasteiger partial charge in [-0.2, -0.15) is 0 Å². The molecule has 0 N–H and O–H groups in total. The SMILES string of the molecule is CCCOC(C)COC(=O)Oc1ccccc1. The van der Waals surface area contributed by atoms with Crippen molar-refractivity contribution in [1.29, 1.82) is 0 Å². The van der Waals surface area contributed by atoms with Crippen LogP contribution in [0.25, 0.3) is 0 Å². The van der Waals surface area contributed by atoms with Gasteiger partial charge in [-0.3, -0.25) is 0 Å². The van der Waals surface area contributed by atoms with Gasteiger partial charge >= 0.3 is 6.16 Å². The molecule has 1 aromatic rings. The molecule has 0 amide bonds. The third-order valence-electron chi connectivity index (χ3n) is 1.99. The van der Waals surface area contributed by atoms with Gasteiger partial charge in [0.2, 0.25) is 0 Å². The number of ether oxygens (including phenoxy) is 3. The topological polar surface area (TPSA) is 44.8 Å². The molecule has 4 nitrogen and oxygen atoms in total. The Morgan fingerprint density at radius 1 is 1.29 bits per heavy atom. The van der Waals surface area contributed by atoms with Gasteiger partial charge in [-0.05, 0) is 25.5 Å². The lowest BCUT2D eigenvalue weighted by atomic mass is 10.3. The Morgan fingerprint density at radius 3 is 2.65 bits per heavy atom. The maximum Gasteiger partial charge on any atom is 0.513 e. The Balaban J connectivity index is 2.21. The normalized spacial score (nSPS) is 11.9. The summed E-state index contributed by atoms with van der Waals surface area (Å²) in [6.07, 6.45) is 0.125. The Labute approximate surface area is 101 Å². The van der Waals surface area contributed by atoms with Crippen LogP contribution in [0.5, 0.6) is 5.75 Å². The van der Waals surface area contributed by atoms with E-state index in [0.717, 1.165) is 6.42 Å². The van der Waals surface area contributed by atoms with Crippen LogP contribution in [0.3, 0.4) is 0 Å². The third kappa shape index (κ3) is 5.92. The molecule has 1 atom stereocenters. The molecule has 1 unspecified atom stereocenters. The average Bonchev–Trinajstić information content (AvgIpc) is 2.35. The highest BCUT2D eigenvalue weighted by atomic mass is 16.7. The largest absolute Gasteiger partial charge is 0.513 e. The highest BCUT2D eigenvalue weighted by Gasteiger charge is 2.09. The summed E-state index contributed by atoms with van der Waals surface area (Å²) < 4.78 is 15.2. The number of para-hydroxylation sites is 1. The van der Waals surface area contributed by atoms with Gasteiger partial charge in [0.1, 0.15) is 12.4 Å². The lowest BCUT2D eigenvalue weighted by molar-refractivity contribution is 0.00485. The van der Waals surface area contributed by atoms with E-state index in [0.29, 0.717) is 12.4 Å². The van der Waals surface area contributed by atoms with Gasteiger partial charge in [0.05, 0.1) is 6.10 Å². The van der Waals surface area contributed by atoms with Crippen LogP contribution in [0.2, 0.25) is 0 Å². The van der Waals surface area contributed by atoms with E-state index in [1.54, 1.807) is 24.3 Å². The number of benzene rings is 1. The standard InChI is InChI=1S/C13H18O4/c1-3-9-15-11(2)10-16-13(14)17-12-7-5-4-6-8-12/h4-8,11H,3,9-10H2,1-2H3. The number of carbonyl (C=O) groups is 1. The van der Waals surface area contributed by atoms with Gasteiger partial charge in [-0.1, -0.05) is 25.1 Å². The van der Waals surface area contributed by atoms with Gasteiger partial charge in [0.15, 0.2) is 0 Å². The zero-order valence-corrected chi connectivity index (χ0v) is 10.2. The second-order valence-corrected chi connectivity index (χ2v) is 3.66. The molecule has 0 spiro atoms. The summed E-state index contributed by atoms with van der Waals surface area (Å²) in [6, 6.07) is 8.81. The first-order valence-electron chi connectivity index (χ1n) is 5.73. The lowest BCUT2D eigenvalue weighted by Gasteiger charge is -2.12. The van der Waals surface area contributed by atoms with Crippen molar-refractivity contribution in [2.24, 2.45) is 0 Å². The first-order chi connectivity index (χ1) is 8.22. The minimum Gasteiger partial charge on any atom is -0.431 e. The first kappa shape index (κ1) is 13.5. The summed E-state index contributed by atoms with van der Waals surface area (Å²) >= 11 is 0. The van der Waals surface area contributed by atoms with Crippen LogP contribution >= 0.6 is 0 Å². The van der Waals surface area contributed by atoms with E-state index in [2.05, 4.69) is 0 Å². The third-order valence-corrected chi connectivity index (χ3v) is 1.99. The fraction of sp³-hybridized carbons (Fsp3) is 0.462. The number of carbonyl (C=O) groups excluding carboxylic acids is 1. The molecule has 0 radical (unpaired) electrons. The van der Waals surface area contributed by atoms with Crippen molar-refractivity contribution in [1.82, 2.24) is 0 Å². The maximum absolute atomic E-state index is 11.3. The maximum atomic E-state index is 11.3. The molecular formula is C13H18O4. The van der Waals surface area contributed by atoms with E-state index in [9.17, 15) is 4.79 Å². The predicted octanol–water partition coefficient (Wildman–Crippen LogP) is 3.02. The Morgan fingerprint density at radius 2 is 2.00 bits per heavy atom. The Hall–Kier alpha value is -1.55. The second kappa shape index (κ2) is 7.68. The van der Waals surface area contributed by atoms with Crippen molar-refractivity contribution in [2.75, 3.05) is 13.2 Å². The number of hydrogen-bond acceptors (Lipinski definition) is 4. The molecule has 17 heavy (non-hydrogen) atoms. The Kier molecular flexibility index (Phi) is 6.10. The van der Waals surface area contributed by atoms with Crippen molar-refractivity contribution in [3.8, 4) is 5.75 Å². The molecule has 0 aliphatic heterocycles. The summed E-state index contributed by atoms with van der Waals surface area (Å²) in [7, 11) is 0. The summed E-state index contributed by atoms with van der Waals surface area (Å²) in [5, 5.41) is 0. The van der Waals surface area contributed by atoms with E-state index >= 15 is 0 Å². The van der Waals surface area contributed by atoms with Crippen LogP contribution in [0.1, 0.15) is 20.3 Å². The molecule has 0 fully saturated rings. The fourth-order valence-electron chi connectivity index (χ4n) is 1.17. The summed E-state index contributed by atoms with van der Waals surface area (Å²) in [5.41, 5.74) is 0. The van der Waals surface area contributed by atoms with Crippen molar-refractivity contribution in [2.45, 2.75) is 26.4 Å². The van der Waals surface area contributed by atoms with Gasteiger partial charge in [-0.15, -0.1) is 0 Å². The minimum absolute atomic E-state index is 0.113. The molecule has 4 heteroatoms. The molecule has 1 rings (SSSR count). The molecule has 0 aliphatic carbocycles. The van der Waals surface area contributed by atoms with Crippen molar-refractivity contribution in [3.63, 3.8) is 0 Å². The molecule has 94 valence electrons. The van der Waals surface area contributed by atoms with E-state index in [1.165, 1.54) is 0 Å². The zero-order chi connectivity index (χ0) is 12.5.